The molecule has 1 aromatic heterocycles. The van der Waals surface area contributed by atoms with Crippen molar-refractivity contribution in [3.8, 4) is 0 Å². The van der Waals surface area contributed by atoms with Crippen molar-refractivity contribution < 1.29 is 9.47 Å². The van der Waals surface area contributed by atoms with E-state index in [2.05, 4.69) is 17.2 Å². The molecule has 0 aromatic carbocycles. The van der Waals surface area contributed by atoms with E-state index in [4.69, 9.17) is 21.1 Å². The fraction of sp³-hybridized carbons (Fsp3) is 0.643. The number of aromatic nitrogens is 1. The quantitative estimate of drug-likeness (QED) is 0.835. The normalized spacial score (nSPS) is 17.8. The van der Waals surface area contributed by atoms with Crippen LogP contribution in [0, 0.1) is 0 Å². The Morgan fingerprint density at radius 1 is 1.47 bits per heavy atom. The molecule has 0 saturated carbocycles. The lowest BCUT2D eigenvalue weighted by Gasteiger charge is -2.21. The van der Waals surface area contributed by atoms with Crippen LogP contribution in [0.25, 0.3) is 0 Å². The van der Waals surface area contributed by atoms with Gasteiger partial charge < -0.3 is 14.8 Å². The van der Waals surface area contributed by atoms with Gasteiger partial charge in [0.2, 0.25) is 0 Å². The van der Waals surface area contributed by atoms with Crippen LogP contribution in [0.5, 0.6) is 0 Å². The molecule has 0 amide bonds. The predicted octanol–water partition coefficient (Wildman–Crippen LogP) is 2.41. The van der Waals surface area contributed by atoms with Crippen molar-refractivity contribution in [3.63, 3.8) is 0 Å². The summed E-state index contributed by atoms with van der Waals surface area (Å²) in [5, 5.41) is 4.25. The number of ether oxygens (including phenoxy) is 2. The van der Waals surface area contributed by atoms with Crippen molar-refractivity contribution in [2.75, 3.05) is 19.8 Å². The Bertz CT molecular complexity index is 383. The maximum atomic E-state index is 6.17. The zero-order valence-electron chi connectivity index (χ0n) is 11.3. The molecular weight excluding hydrogens is 264 g/mol. The summed E-state index contributed by atoms with van der Waals surface area (Å²) in [5.74, 6) is 0. The molecule has 5 heteroatoms. The third-order valence-electron chi connectivity index (χ3n) is 3.17. The Hall–Kier alpha value is -0.680. The van der Waals surface area contributed by atoms with Crippen LogP contribution in [0.1, 0.15) is 25.3 Å². The second kappa shape index (κ2) is 7.80. The Balaban J connectivity index is 1.94. The van der Waals surface area contributed by atoms with Gasteiger partial charge in [0, 0.05) is 24.9 Å². The highest BCUT2D eigenvalue weighted by atomic mass is 35.5. The number of nitrogens with one attached hydrogen (secondary N) is 1. The number of hydrogen-bond donors (Lipinski definition) is 1. The minimum atomic E-state index is -0.0880. The molecule has 1 atom stereocenters. The van der Waals surface area contributed by atoms with Gasteiger partial charge in [-0.1, -0.05) is 18.5 Å². The number of nitrogens with zero attached hydrogens (tertiary/aromatic N) is 1. The second-order valence-electron chi connectivity index (χ2n) is 4.73. The highest BCUT2D eigenvalue weighted by Gasteiger charge is 2.21. The van der Waals surface area contributed by atoms with Gasteiger partial charge >= 0.3 is 0 Å². The average molecular weight is 285 g/mol. The van der Waals surface area contributed by atoms with Gasteiger partial charge in [-0.15, -0.1) is 0 Å². The third-order valence-corrected chi connectivity index (χ3v) is 3.51. The summed E-state index contributed by atoms with van der Waals surface area (Å²) in [4.78, 5) is 4.02. The van der Waals surface area contributed by atoms with E-state index >= 15 is 0 Å². The van der Waals surface area contributed by atoms with Crippen LogP contribution in [0.3, 0.4) is 0 Å². The van der Waals surface area contributed by atoms with Crippen LogP contribution >= 0.6 is 11.6 Å². The van der Waals surface area contributed by atoms with Crippen molar-refractivity contribution in [2.24, 2.45) is 0 Å². The smallest absolute Gasteiger partial charge is 0.159 e. The Labute approximate surface area is 119 Å². The summed E-state index contributed by atoms with van der Waals surface area (Å²) in [7, 11) is 0. The summed E-state index contributed by atoms with van der Waals surface area (Å²) < 4.78 is 11.0. The number of rotatable bonds is 7. The molecule has 1 fully saturated rings. The summed E-state index contributed by atoms with van der Waals surface area (Å²) in [6, 6.07) is 2.28. The highest BCUT2D eigenvalue weighted by molar-refractivity contribution is 6.31. The molecular formula is C14H21ClN2O2. The minimum absolute atomic E-state index is 0.0880. The summed E-state index contributed by atoms with van der Waals surface area (Å²) in [6.07, 6.45) is 6.20. The van der Waals surface area contributed by atoms with Crippen molar-refractivity contribution >= 4 is 11.6 Å². The summed E-state index contributed by atoms with van der Waals surface area (Å²) >= 11 is 6.17. The Morgan fingerprint density at radius 2 is 2.26 bits per heavy atom. The van der Waals surface area contributed by atoms with Crippen LogP contribution in [-0.2, 0) is 15.9 Å². The first-order chi connectivity index (χ1) is 9.29. The SMILES string of the molecule is CCCNC(Cc1ccncc1Cl)CC1OCCO1. The van der Waals surface area contributed by atoms with E-state index in [0.717, 1.165) is 36.4 Å². The second-order valence-corrected chi connectivity index (χ2v) is 5.14. The van der Waals surface area contributed by atoms with Gasteiger partial charge in [0.25, 0.3) is 0 Å². The molecule has 0 radical (unpaired) electrons. The molecule has 1 N–H and O–H groups in total. The van der Waals surface area contributed by atoms with Crippen molar-refractivity contribution in [1.29, 1.82) is 0 Å². The fourth-order valence-electron chi connectivity index (χ4n) is 2.20. The molecule has 0 bridgehead atoms. The van der Waals surface area contributed by atoms with E-state index in [1.165, 1.54) is 0 Å². The number of hydrogen-bond acceptors (Lipinski definition) is 4. The fourth-order valence-corrected chi connectivity index (χ4v) is 2.39. The van der Waals surface area contributed by atoms with E-state index < -0.39 is 0 Å². The van der Waals surface area contributed by atoms with Gasteiger partial charge in [0.1, 0.15) is 0 Å². The van der Waals surface area contributed by atoms with Gasteiger partial charge in [-0.2, -0.15) is 0 Å². The van der Waals surface area contributed by atoms with E-state index in [9.17, 15) is 0 Å². The van der Waals surface area contributed by atoms with Gasteiger partial charge in [0.05, 0.1) is 18.2 Å². The van der Waals surface area contributed by atoms with Crippen molar-refractivity contribution in [2.45, 2.75) is 38.5 Å². The lowest BCUT2D eigenvalue weighted by molar-refractivity contribution is -0.0526. The van der Waals surface area contributed by atoms with E-state index in [-0.39, 0.29) is 6.29 Å². The lowest BCUT2D eigenvalue weighted by atomic mass is 10.0. The molecule has 4 nitrogen and oxygen atoms in total. The van der Waals surface area contributed by atoms with Crippen LogP contribution in [0.15, 0.2) is 18.5 Å². The van der Waals surface area contributed by atoms with Gasteiger partial charge in [-0.25, -0.2) is 0 Å². The zero-order valence-corrected chi connectivity index (χ0v) is 12.0. The topological polar surface area (TPSA) is 43.4 Å². The number of halogens is 1. The molecule has 1 aliphatic heterocycles. The molecule has 19 heavy (non-hydrogen) atoms. The van der Waals surface area contributed by atoms with E-state index in [1.54, 1.807) is 12.4 Å². The molecule has 0 aliphatic carbocycles. The molecule has 106 valence electrons. The first kappa shape index (κ1) is 14.7. The minimum Gasteiger partial charge on any atom is -0.350 e. The maximum Gasteiger partial charge on any atom is 0.159 e. The van der Waals surface area contributed by atoms with Crippen LogP contribution in [-0.4, -0.2) is 37.1 Å². The molecule has 2 rings (SSSR count). The highest BCUT2D eigenvalue weighted by Crippen LogP contribution is 2.19. The molecule has 1 aliphatic rings. The van der Waals surface area contributed by atoms with E-state index in [0.29, 0.717) is 19.3 Å². The Morgan fingerprint density at radius 3 is 2.95 bits per heavy atom. The zero-order chi connectivity index (χ0) is 13.5. The van der Waals surface area contributed by atoms with Gasteiger partial charge in [-0.05, 0) is 31.0 Å². The maximum absolute atomic E-state index is 6.17. The summed E-state index contributed by atoms with van der Waals surface area (Å²) in [5.41, 5.74) is 1.11. The van der Waals surface area contributed by atoms with E-state index in [1.807, 2.05) is 6.07 Å². The number of pyridine rings is 1. The first-order valence-electron chi connectivity index (χ1n) is 6.84. The molecule has 1 saturated heterocycles. The lowest BCUT2D eigenvalue weighted by Crippen LogP contribution is -2.35. The van der Waals surface area contributed by atoms with Crippen LogP contribution < -0.4 is 5.32 Å². The van der Waals surface area contributed by atoms with Crippen molar-refractivity contribution in [3.05, 3.63) is 29.0 Å². The van der Waals surface area contributed by atoms with Crippen LogP contribution in [0.2, 0.25) is 5.02 Å². The molecule has 2 heterocycles. The standard InChI is InChI=1S/C14H21ClN2O2/c1-2-4-17-12(9-14-18-6-7-19-14)8-11-3-5-16-10-13(11)15/h3,5,10,12,14,17H,2,4,6-9H2,1H3. The third kappa shape index (κ3) is 4.73. The summed E-state index contributed by atoms with van der Waals surface area (Å²) in [6.45, 7) is 4.54. The Kier molecular flexibility index (Phi) is 6.04. The monoisotopic (exact) mass is 284 g/mol. The average Bonchev–Trinajstić information content (AvgIpc) is 2.91. The first-order valence-corrected chi connectivity index (χ1v) is 7.22. The molecule has 1 unspecified atom stereocenters. The predicted molar refractivity (Wildman–Crippen MR) is 75.3 cm³/mol. The largest absolute Gasteiger partial charge is 0.350 e. The van der Waals surface area contributed by atoms with Gasteiger partial charge in [-0.3, -0.25) is 4.98 Å². The van der Waals surface area contributed by atoms with Crippen LogP contribution in [0.4, 0.5) is 0 Å². The van der Waals surface area contributed by atoms with Gasteiger partial charge in [0.15, 0.2) is 6.29 Å². The molecule has 1 aromatic rings. The van der Waals surface area contributed by atoms with Crippen molar-refractivity contribution in [1.82, 2.24) is 10.3 Å². The molecule has 0 spiro atoms.